The van der Waals surface area contributed by atoms with Crippen LogP contribution < -0.4 is 9.84 Å². The Kier molecular flexibility index (Phi) is 3.78. The van der Waals surface area contributed by atoms with Gasteiger partial charge >= 0.3 is 0 Å². The number of hydrogen-bond donors (Lipinski definition) is 0. The fourth-order valence-electron chi connectivity index (χ4n) is 2.83. The van der Waals surface area contributed by atoms with Crippen LogP contribution in [0, 0.1) is 0 Å². The van der Waals surface area contributed by atoms with E-state index in [1.54, 1.807) is 12.1 Å². The number of aliphatic carboxylic acids is 1. The highest BCUT2D eigenvalue weighted by atomic mass is 35.5. The predicted octanol–water partition coefficient (Wildman–Crippen LogP) is 3.43. The Morgan fingerprint density at radius 1 is 1.08 bits per heavy atom. The largest absolute Gasteiger partial charge is 0.546 e. The number of benzene rings is 3. The number of carboxylic acid groups (broad SMARTS) is 1. The Labute approximate surface area is 147 Å². The van der Waals surface area contributed by atoms with Gasteiger partial charge in [0.25, 0.3) is 0 Å². The first-order valence-corrected chi connectivity index (χ1v) is 7.91. The third-order valence-electron chi connectivity index (χ3n) is 3.94. The molecule has 124 valence electrons. The van der Waals surface area contributed by atoms with Crippen LogP contribution in [0.3, 0.4) is 0 Å². The second kappa shape index (κ2) is 6.11. The van der Waals surface area contributed by atoms with Gasteiger partial charge in [0.2, 0.25) is 0 Å². The molecule has 0 fully saturated rings. The molecule has 1 aromatic heterocycles. The standard InChI is InChI=1S/C19H12ClNO4/c20-17-15(24-10-16(22)23)9-8-14-18(21-25-19(14)17)13-7-3-5-11-4-1-2-6-12(11)13/h1-9H,10H2,(H,22,23)/p-1. The first-order chi connectivity index (χ1) is 12.1. The van der Waals surface area contributed by atoms with Crippen LogP contribution in [-0.4, -0.2) is 17.7 Å². The lowest BCUT2D eigenvalue weighted by Crippen LogP contribution is -2.28. The van der Waals surface area contributed by atoms with E-state index in [1.807, 2.05) is 42.5 Å². The Morgan fingerprint density at radius 3 is 2.72 bits per heavy atom. The minimum Gasteiger partial charge on any atom is -0.546 e. The molecular weight excluding hydrogens is 342 g/mol. The van der Waals surface area contributed by atoms with Crippen LogP contribution in [0.2, 0.25) is 5.02 Å². The highest BCUT2D eigenvalue weighted by molar-refractivity contribution is 6.36. The van der Waals surface area contributed by atoms with Gasteiger partial charge in [0.15, 0.2) is 5.58 Å². The molecule has 1 heterocycles. The monoisotopic (exact) mass is 352 g/mol. The number of hydrogen-bond acceptors (Lipinski definition) is 5. The molecule has 0 amide bonds. The molecule has 25 heavy (non-hydrogen) atoms. The lowest BCUT2D eigenvalue weighted by atomic mass is 10.0. The van der Waals surface area contributed by atoms with E-state index in [0.717, 1.165) is 21.7 Å². The van der Waals surface area contributed by atoms with Gasteiger partial charge in [-0.3, -0.25) is 0 Å². The highest BCUT2D eigenvalue weighted by Gasteiger charge is 2.17. The highest BCUT2D eigenvalue weighted by Crippen LogP contribution is 2.39. The van der Waals surface area contributed by atoms with E-state index < -0.39 is 12.6 Å². The van der Waals surface area contributed by atoms with Crippen LogP contribution in [0.1, 0.15) is 0 Å². The molecule has 0 saturated heterocycles. The number of rotatable bonds is 4. The summed E-state index contributed by atoms with van der Waals surface area (Å²) in [5.74, 6) is -1.12. The summed E-state index contributed by atoms with van der Waals surface area (Å²) < 4.78 is 10.5. The average Bonchev–Trinajstić information content (AvgIpc) is 3.05. The number of carboxylic acids is 1. The number of nitrogens with zero attached hydrogens (tertiary/aromatic N) is 1. The molecule has 0 aliphatic rings. The molecule has 0 saturated carbocycles. The number of carbonyl (C=O) groups excluding carboxylic acids is 1. The molecule has 4 aromatic rings. The van der Waals surface area contributed by atoms with Crippen molar-refractivity contribution in [2.45, 2.75) is 0 Å². The second-order valence-corrected chi connectivity index (χ2v) is 5.85. The number of ether oxygens (including phenoxy) is 1. The van der Waals surface area contributed by atoms with Gasteiger partial charge in [-0.1, -0.05) is 59.2 Å². The molecule has 5 nitrogen and oxygen atoms in total. The maximum absolute atomic E-state index is 10.5. The summed E-state index contributed by atoms with van der Waals surface area (Å²) in [5.41, 5.74) is 1.94. The van der Waals surface area contributed by atoms with Gasteiger partial charge in [-0.15, -0.1) is 0 Å². The topological polar surface area (TPSA) is 75.4 Å². The fraction of sp³-hybridized carbons (Fsp3) is 0.0526. The predicted molar refractivity (Wildman–Crippen MR) is 92.5 cm³/mol. The van der Waals surface area contributed by atoms with Crippen molar-refractivity contribution in [2.75, 3.05) is 6.61 Å². The number of halogens is 1. The molecule has 0 N–H and O–H groups in total. The SMILES string of the molecule is O=C([O-])COc1ccc2c(-c3cccc4ccccc34)noc2c1Cl. The van der Waals surface area contributed by atoms with Gasteiger partial charge in [-0.2, -0.15) is 0 Å². The van der Waals surface area contributed by atoms with Crippen molar-refractivity contribution in [1.82, 2.24) is 5.16 Å². The molecule has 6 heteroatoms. The molecule has 4 rings (SSSR count). The van der Waals surface area contributed by atoms with E-state index in [-0.39, 0.29) is 10.8 Å². The Balaban J connectivity index is 1.86. The van der Waals surface area contributed by atoms with E-state index in [9.17, 15) is 9.90 Å². The van der Waals surface area contributed by atoms with E-state index in [1.165, 1.54) is 0 Å². The Morgan fingerprint density at radius 2 is 1.88 bits per heavy atom. The number of aromatic nitrogens is 1. The van der Waals surface area contributed by atoms with Gasteiger partial charge in [0.1, 0.15) is 23.1 Å². The van der Waals surface area contributed by atoms with Gasteiger partial charge in [-0.25, -0.2) is 0 Å². The summed E-state index contributed by atoms with van der Waals surface area (Å²) in [5, 5.41) is 17.8. The zero-order valence-corrected chi connectivity index (χ0v) is 13.6. The summed E-state index contributed by atoms with van der Waals surface area (Å²) in [4.78, 5) is 10.5. The van der Waals surface area contributed by atoms with Crippen molar-refractivity contribution in [3.63, 3.8) is 0 Å². The minimum absolute atomic E-state index is 0.178. The van der Waals surface area contributed by atoms with E-state index in [0.29, 0.717) is 11.3 Å². The Bertz CT molecular complexity index is 1100. The van der Waals surface area contributed by atoms with Crippen molar-refractivity contribution in [3.05, 3.63) is 59.6 Å². The Hall–Kier alpha value is -3.05. The van der Waals surface area contributed by atoms with Crippen molar-refractivity contribution >= 4 is 39.3 Å². The zero-order chi connectivity index (χ0) is 17.4. The normalized spacial score (nSPS) is 11.1. The van der Waals surface area contributed by atoms with Crippen LogP contribution in [-0.2, 0) is 4.79 Å². The molecule has 0 unspecified atom stereocenters. The third kappa shape index (κ3) is 2.68. The fourth-order valence-corrected chi connectivity index (χ4v) is 3.08. The van der Waals surface area contributed by atoms with Gasteiger partial charge in [0, 0.05) is 5.56 Å². The molecular formula is C19H11ClNO4-. The molecule has 3 aromatic carbocycles. The van der Waals surface area contributed by atoms with Crippen molar-refractivity contribution in [3.8, 4) is 17.0 Å². The average molecular weight is 353 g/mol. The summed E-state index contributed by atoms with van der Waals surface area (Å²) in [6, 6.07) is 17.3. The lowest BCUT2D eigenvalue weighted by molar-refractivity contribution is -0.307. The maximum atomic E-state index is 10.5. The van der Waals surface area contributed by atoms with Crippen molar-refractivity contribution in [1.29, 1.82) is 0 Å². The van der Waals surface area contributed by atoms with E-state index >= 15 is 0 Å². The summed E-state index contributed by atoms with van der Waals surface area (Å²) in [6.07, 6.45) is 0. The van der Waals surface area contributed by atoms with E-state index in [2.05, 4.69) is 5.16 Å². The summed E-state index contributed by atoms with van der Waals surface area (Å²) >= 11 is 6.27. The van der Waals surface area contributed by atoms with Crippen LogP contribution in [0.25, 0.3) is 33.0 Å². The van der Waals surface area contributed by atoms with Crippen molar-refractivity contribution < 1.29 is 19.2 Å². The van der Waals surface area contributed by atoms with E-state index in [4.69, 9.17) is 20.9 Å². The maximum Gasteiger partial charge on any atom is 0.189 e. The molecule has 0 atom stereocenters. The third-order valence-corrected chi connectivity index (χ3v) is 4.29. The number of carbonyl (C=O) groups is 1. The molecule has 0 bridgehead atoms. The van der Waals surface area contributed by atoms with Crippen LogP contribution >= 0.6 is 11.6 Å². The zero-order valence-electron chi connectivity index (χ0n) is 12.9. The van der Waals surface area contributed by atoms with Gasteiger partial charge in [-0.05, 0) is 22.9 Å². The number of fused-ring (bicyclic) bond motifs is 2. The smallest absolute Gasteiger partial charge is 0.189 e. The van der Waals surface area contributed by atoms with Gasteiger partial charge in [0.05, 0.1) is 11.4 Å². The van der Waals surface area contributed by atoms with Crippen LogP contribution in [0.15, 0.2) is 59.1 Å². The van der Waals surface area contributed by atoms with Gasteiger partial charge < -0.3 is 19.2 Å². The van der Waals surface area contributed by atoms with Crippen LogP contribution in [0.5, 0.6) is 5.75 Å². The minimum atomic E-state index is -1.33. The second-order valence-electron chi connectivity index (χ2n) is 5.47. The quantitative estimate of drug-likeness (QED) is 0.562. The summed E-state index contributed by atoms with van der Waals surface area (Å²) in [6.45, 7) is -0.588. The van der Waals surface area contributed by atoms with Crippen LogP contribution in [0.4, 0.5) is 0 Å². The first kappa shape index (κ1) is 15.5. The lowest BCUT2D eigenvalue weighted by Gasteiger charge is -2.08. The molecule has 0 radical (unpaired) electrons. The molecule has 0 spiro atoms. The van der Waals surface area contributed by atoms with Crippen molar-refractivity contribution in [2.24, 2.45) is 0 Å². The molecule has 0 aliphatic heterocycles. The first-order valence-electron chi connectivity index (χ1n) is 7.54. The molecule has 0 aliphatic carbocycles. The summed E-state index contributed by atoms with van der Waals surface area (Å²) in [7, 11) is 0.